The van der Waals surface area contributed by atoms with Crippen molar-refractivity contribution < 1.29 is 0 Å². The van der Waals surface area contributed by atoms with E-state index in [1.54, 1.807) is 11.3 Å². The normalized spacial score (nSPS) is 10.2. The van der Waals surface area contributed by atoms with Crippen LogP contribution in [0.4, 0.5) is 11.4 Å². The molecule has 3 N–H and O–H groups in total. The molecule has 0 amide bonds. The first-order valence-corrected chi connectivity index (χ1v) is 5.62. The third kappa shape index (κ3) is 2.47. The molecule has 0 fully saturated rings. The van der Waals surface area contributed by atoms with Gasteiger partial charge in [0.2, 0.25) is 0 Å². The van der Waals surface area contributed by atoms with Crippen LogP contribution >= 0.6 is 11.3 Å². The van der Waals surface area contributed by atoms with Gasteiger partial charge in [-0.25, -0.2) is 4.98 Å². The fourth-order valence-electron chi connectivity index (χ4n) is 1.34. The Kier molecular flexibility index (Phi) is 2.87. The highest BCUT2D eigenvalue weighted by atomic mass is 32.1. The lowest BCUT2D eigenvalue weighted by atomic mass is 10.2. The Morgan fingerprint density at radius 2 is 2.33 bits per heavy atom. The molecule has 0 aliphatic heterocycles. The SMILES string of the molecule is Cc1ccc(N)cc1NCc1nccs1. The van der Waals surface area contributed by atoms with E-state index in [-0.39, 0.29) is 0 Å². The van der Waals surface area contributed by atoms with E-state index >= 15 is 0 Å². The molecule has 78 valence electrons. The molecule has 2 rings (SSSR count). The summed E-state index contributed by atoms with van der Waals surface area (Å²) in [4.78, 5) is 4.21. The largest absolute Gasteiger partial charge is 0.399 e. The lowest BCUT2D eigenvalue weighted by Crippen LogP contribution is -2.01. The molecule has 3 nitrogen and oxygen atoms in total. The second kappa shape index (κ2) is 4.31. The van der Waals surface area contributed by atoms with Gasteiger partial charge in [0.15, 0.2) is 0 Å². The first kappa shape index (κ1) is 9.98. The smallest absolute Gasteiger partial charge is 0.112 e. The Hall–Kier alpha value is -1.55. The minimum absolute atomic E-state index is 0.752. The van der Waals surface area contributed by atoms with Crippen LogP contribution in [0.15, 0.2) is 29.8 Å². The van der Waals surface area contributed by atoms with Crippen LogP contribution in [0, 0.1) is 6.92 Å². The van der Waals surface area contributed by atoms with Gasteiger partial charge < -0.3 is 11.1 Å². The molecule has 0 bridgehead atoms. The summed E-state index contributed by atoms with van der Waals surface area (Å²) in [6.07, 6.45) is 1.81. The number of rotatable bonds is 3. The van der Waals surface area contributed by atoms with Crippen LogP contribution in [-0.2, 0) is 6.54 Å². The molecular weight excluding hydrogens is 206 g/mol. The zero-order valence-electron chi connectivity index (χ0n) is 8.53. The Bertz CT molecular complexity index is 437. The van der Waals surface area contributed by atoms with E-state index in [2.05, 4.69) is 17.2 Å². The zero-order chi connectivity index (χ0) is 10.7. The molecule has 1 aromatic heterocycles. The van der Waals surface area contributed by atoms with Crippen LogP contribution in [0.2, 0.25) is 0 Å². The summed E-state index contributed by atoms with van der Waals surface area (Å²) in [5.41, 5.74) is 8.77. The molecule has 0 spiro atoms. The summed E-state index contributed by atoms with van der Waals surface area (Å²) < 4.78 is 0. The molecule has 0 unspecified atom stereocenters. The van der Waals surface area contributed by atoms with Crippen molar-refractivity contribution in [3.8, 4) is 0 Å². The fourth-order valence-corrected chi connectivity index (χ4v) is 1.90. The van der Waals surface area contributed by atoms with Crippen LogP contribution < -0.4 is 11.1 Å². The first-order chi connectivity index (χ1) is 7.25. The number of nitrogen functional groups attached to an aromatic ring is 1. The van der Waals surface area contributed by atoms with Crippen molar-refractivity contribution in [1.82, 2.24) is 4.98 Å². The van der Waals surface area contributed by atoms with Crippen molar-refractivity contribution in [3.63, 3.8) is 0 Å². The molecule has 0 saturated heterocycles. The van der Waals surface area contributed by atoms with Crippen LogP contribution in [0.25, 0.3) is 0 Å². The van der Waals surface area contributed by atoms with Gasteiger partial charge in [0, 0.05) is 23.0 Å². The molecule has 0 aliphatic rings. The summed E-state index contributed by atoms with van der Waals surface area (Å²) in [5, 5.41) is 6.38. The van der Waals surface area contributed by atoms with Crippen LogP contribution in [-0.4, -0.2) is 4.98 Å². The predicted molar refractivity (Wildman–Crippen MR) is 65.0 cm³/mol. The van der Waals surface area contributed by atoms with Gasteiger partial charge in [-0.05, 0) is 24.6 Å². The summed E-state index contributed by atoms with van der Waals surface area (Å²) in [6, 6.07) is 5.87. The average molecular weight is 219 g/mol. The van der Waals surface area contributed by atoms with Gasteiger partial charge in [-0.2, -0.15) is 0 Å². The summed E-state index contributed by atoms with van der Waals surface area (Å²) in [7, 11) is 0. The maximum absolute atomic E-state index is 5.72. The number of benzene rings is 1. The summed E-state index contributed by atoms with van der Waals surface area (Å²) in [5.74, 6) is 0. The molecule has 1 heterocycles. The Morgan fingerprint density at radius 3 is 3.07 bits per heavy atom. The maximum Gasteiger partial charge on any atom is 0.112 e. The minimum atomic E-state index is 0.752. The highest BCUT2D eigenvalue weighted by Gasteiger charge is 1.99. The number of anilines is 2. The topological polar surface area (TPSA) is 50.9 Å². The Labute approximate surface area is 93.0 Å². The van der Waals surface area contributed by atoms with E-state index in [1.165, 1.54) is 5.56 Å². The van der Waals surface area contributed by atoms with E-state index in [0.29, 0.717) is 0 Å². The highest BCUT2D eigenvalue weighted by Crippen LogP contribution is 2.19. The number of hydrogen-bond donors (Lipinski definition) is 2. The molecular formula is C11H13N3S. The summed E-state index contributed by atoms with van der Waals surface area (Å²) >= 11 is 1.65. The quantitative estimate of drug-likeness (QED) is 0.780. The number of aromatic nitrogens is 1. The van der Waals surface area contributed by atoms with Gasteiger partial charge >= 0.3 is 0 Å². The average Bonchev–Trinajstić information content (AvgIpc) is 2.72. The maximum atomic E-state index is 5.72. The number of nitrogens with zero attached hydrogens (tertiary/aromatic N) is 1. The van der Waals surface area contributed by atoms with Gasteiger partial charge in [0.05, 0.1) is 6.54 Å². The van der Waals surface area contributed by atoms with Crippen LogP contribution in [0.1, 0.15) is 10.6 Å². The van der Waals surface area contributed by atoms with Crippen molar-refractivity contribution in [2.45, 2.75) is 13.5 Å². The Morgan fingerprint density at radius 1 is 1.47 bits per heavy atom. The first-order valence-electron chi connectivity index (χ1n) is 4.74. The number of nitrogens with one attached hydrogen (secondary N) is 1. The van der Waals surface area contributed by atoms with Crippen molar-refractivity contribution >= 4 is 22.7 Å². The molecule has 4 heteroatoms. The van der Waals surface area contributed by atoms with Gasteiger partial charge in [0.25, 0.3) is 0 Å². The van der Waals surface area contributed by atoms with E-state index < -0.39 is 0 Å². The molecule has 0 radical (unpaired) electrons. The lowest BCUT2D eigenvalue weighted by Gasteiger charge is -2.08. The highest BCUT2D eigenvalue weighted by molar-refractivity contribution is 7.09. The molecule has 1 aromatic carbocycles. The fraction of sp³-hybridized carbons (Fsp3) is 0.182. The van der Waals surface area contributed by atoms with Crippen molar-refractivity contribution in [3.05, 3.63) is 40.3 Å². The monoisotopic (exact) mass is 219 g/mol. The second-order valence-corrected chi connectivity index (χ2v) is 4.33. The Balaban J connectivity index is 2.07. The molecule has 0 aliphatic carbocycles. The second-order valence-electron chi connectivity index (χ2n) is 3.35. The van der Waals surface area contributed by atoms with E-state index in [4.69, 9.17) is 5.73 Å². The van der Waals surface area contributed by atoms with Gasteiger partial charge in [-0.3, -0.25) is 0 Å². The lowest BCUT2D eigenvalue weighted by molar-refractivity contribution is 1.10. The number of thiazole rings is 1. The van der Waals surface area contributed by atoms with Gasteiger partial charge in [-0.15, -0.1) is 11.3 Å². The zero-order valence-corrected chi connectivity index (χ0v) is 9.34. The van der Waals surface area contributed by atoms with Gasteiger partial charge in [-0.1, -0.05) is 6.07 Å². The third-order valence-corrected chi connectivity index (χ3v) is 2.95. The number of aryl methyl sites for hydroxylation is 1. The van der Waals surface area contributed by atoms with Crippen molar-refractivity contribution in [2.24, 2.45) is 0 Å². The van der Waals surface area contributed by atoms with Crippen molar-refractivity contribution in [1.29, 1.82) is 0 Å². The minimum Gasteiger partial charge on any atom is -0.399 e. The van der Waals surface area contributed by atoms with Crippen LogP contribution in [0.3, 0.4) is 0 Å². The van der Waals surface area contributed by atoms with Crippen molar-refractivity contribution in [2.75, 3.05) is 11.1 Å². The third-order valence-electron chi connectivity index (χ3n) is 2.18. The van der Waals surface area contributed by atoms with E-state index in [9.17, 15) is 0 Å². The molecule has 15 heavy (non-hydrogen) atoms. The van der Waals surface area contributed by atoms with Gasteiger partial charge in [0.1, 0.15) is 5.01 Å². The molecule has 0 saturated carbocycles. The standard InChI is InChI=1S/C11H13N3S/c1-8-2-3-9(12)6-10(8)14-7-11-13-4-5-15-11/h2-6,14H,7,12H2,1H3. The molecule has 2 aromatic rings. The van der Waals surface area contributed by atoms with E-state index in [0.717, 1.165) is 22.9 Å². The van der Waals surface area contributed by atoms with Crippen LogP contribution in [0.5, 0.6) is 0 Å². The number of nitrogens with two attached hydrogens (primary N) is 1. The predicted octanol–water partition coefficient (Wildman–Crippen LogP) is 2.65. The molecule has 0 atom stereocenters. The summed E-state index contributed by atoms with van der Waals surface area (Å²) in [6.45, 7) is 2.81. The number of hydrogen-bond acceptors (Lipinski definition) is 4. The van der Waals surface area contributed by atoms with E-state index in [1.807, 2.05) is 29.8 Å².